The molecule has 0 bridgehead atoms. The van der Waals surface area contributed by atoms with Crippen LogP contribution in [0.15, 0.2) is 36.1 Å². The Balaban J connectivity index is 0.000000640. The molecule has 0 spiro atoms. The van der Waals surface area contributed by atoms with Gasteiger partial charge in [0.25, 0.3) is 0 Å². The van der Waals surface area contributed by atoms with Gasteiger partial charge < -0.3 is 10.0 Å². The Labute approximate surface area is 54.1 Å². The maximum atomic E-state index is 2.95. The van der Waals surface area contributed by atoms with Crippen LogP contribution in [0.1, 0.15) is 0 Å². The molecule has 0 aliphatic heterocycles. The smallest absolute Gasteiger partial charge is 0.00351 e. The van der Waals surface area contributed by atoms with E-state index in [2.05, 4.69) is 17.5 Å². The van der Waals surface area contributed by atoms with Gasteiger partial charge >= 0.3 is 0 Å². The molecular weight excluding hydrogens is 117 g/mol. The first-order chi connectivity index (χ1) is 3.93. The fourth-order valence-corrected chi connectivity index (χ4v) is 0.652. The van der Waals surface area contributed by atoms with Crippen LogP contribution in [-0.4, -0.2) is 7.05 Å². The average Bonchev–Trinajstić information content (AvgIpc) is 2.19. The summed E-state index contributed by atoms with van der Waals surface area (Å²) in [6.45, 7) is 0. The predicted molar refractivity (Wildman–Crippen MR) is 35.4 cm³/mol. The molecule has 1 rings (SSSR count). The summed E-state index contributed by atoms with van der Waals surface area (Å²) in [5.41, 5.74) is 1.23. The number of rotatable bonds is 1. The van der Waals surface area contributed by atoms with Crippen LogP contribution in [0.2, 0.25) is 0 Å². The minimum absolute atomic E-state index is 0. The Hall–Kier alpha value is -1.05. The van der Waals surface area contributed by atoms with Gasteiger partial charge in [-0.05, 0) is 5.57 Å². The lowest BCUT2D eigenvalue weighted by atomic mass is 10.3. The average molecular weight is 126 g/mol. The quantitative estimate of drug-likeness (QED) is 0.438. The first-order valence-corrected chi connectivity index (χ1v) is 2.65. The zero-order valence-corrected chi connectivity index (χ0v) is 5.26. The van der Waals surface area contributed by atoms with Gasteiger partial charge in [0, 0.05) is 13.2 Å². The van der Waals surface area contributed by atoms with E-state index in [9.17, 15) is 0 Å². The van der Waals surface area contributed by atoms with Crippen molar-refractivity contribution in [3.8, 4) is 0 Å². The Morgan fingerprint density at radius 1 is 1.33 bits per heavy atom. The lowest BCUT2D eigenvalue weighted by molar-refractivity contribution is -0.00000163. The summed E-state index contributed by atoms with van der Waals surface area (Å²) in [5, 5.41) is 2.95. The van der Waals surface area contributed by atoms with E-state index in [0.717, 1.165) is 0 Å². The number of halogens is 1. The molecule has 1 nitrogen and oxygen atoms in total. The van der Waals surface area contributed by atoms with Crippen LogP contribution in [-0.2, 0) is 0 Å². The summed E-state index contributed by atoms with van der Waals surface area (Å²) >= 11 is 0. The molecule has 0 unspecified atom stereocenters. The molecule has 0 saturated carbocycles. The third kappa shape index (κ3) is 2.13. The van der Waals surface area contributed by atoms with E-state index in [0.29, 0.717) is 0 Å². The molecule has 0 fully saturated rings. The topological polar surface area (TPSA) is 12.0 Å². The first-order valence-electron chi connectivity index (χ1n) is 2.65. The van der Waals surface area contributed by atoms with Gasteiger partial charge in [0.05, 0.1) is 0 Å². The van der Waals surface area contributed by atoms with Gasteiger partial charge in [0.2, 0.25) is 0 Å². The highest BCUT2D eigenvalue weighted by Crippen LogP contribution is 2.04. The number of nitrogens with one attached hydrogen (secondary N) is 1. The van der Waals surface area contributed by atoms with Gasteiger partial charge in [0.15, 0.2) is 0 Å². The minimum Gasteiger partial charge on any atom is -1.00 e. The van der Waals surface area contributed by atoms with Gasteiger partial charge in [-0.15, -0.1) is 0 Å². The van der Waals surface area contributed by atoms with Crippen molar-refractivity contribution in [2.24, 2.45) is 0 Å². The summed E-state index contributed by atoms with van der Waals surface area (Å²) in [5.74, 6) is 0. The third-order valence-corrected chi connectivity index (χ3v) is 0.999. The lowest BCUT2D eigenvalue weighted by Gasteiger charge is -1.86. The monoisotopic (exact) mass is 126 g/mol. The highest BCUT2D eigenvalue weighted by atomic mass is 19.0. The summed E-state index contributed by atoms with van der Waals surface area (Å²) in [4.78, 5) is 0. The fraction of sp³-hybridized carbons (Fsp3) is 0.143. The third-order valence-electron chi connectivity index (χ3n) is 0.999. The molecule has 0 saturated heterocycles. The second kappa shape index (κ2) is 3.89. The zero-order valence-electron chi connectivity index (χ0n) is 5.26. The van der Waals surface area contributed by atoms with E-state index >= 15 is 0 Å². The molecule has 0 radical (unpaired) electrons. The Morgan fingerprint density at radius 2 is 1.89 bits per heavy atom. The second-order valence-corrected chi connectivity index (χ2v) is 1.65. The second-order valence-electron chi connectivity index (χ2n) is 1.65. The van der Waals surface area contributed by atoms with Crippen LogP contribution in [0.5, 0.6) is 0 Å². The Morgan fingerprint density at radius 3 is 2.33 bits per heavy atom. The Kier molecular flexibility index (Phi) is 3.44. The molecule has 1 N–H and O–H groups in total. The van der Waals surface area contributed by atoms with Crippen LogP contribution in [0, 0.1) is 0 Å². The highest BCUT2D eigenvalue weighted by Gasteiger charge is 1.86. The molecule has 0 heterocycles. The van der Waals surface area contributed by atoms with Gasteiger partial charge in [0.1, 0.15) is 0 Å². The largest absolute Gasteiger partial charge is 1.00 e. The maximum absolute atomic E-state index is 2.95. The molecule has 0 atom stereocenters. The number of hydrogen-bond donors (Lipinski definition) is 1. The van der Waals surface area contributed by atoms with E-state index < -0.39 is 0 Å². The van der Waals surface area contributed by atoms with E-state index in [4.69, 9.17) is 0 Å². The molecule has 9 heavy (non-hydrogen) atoms. The molecule has 0 aromatic rings. The standard InChI is InChI=1S/C7H9N.FH/c1-8-6-7-4-2-3-5-7;/h2-6,8H,1H3;1H/p-1. The van der Waals surface area contributed by atoms with E-state index in [1.807, 2.05) is 25.4 Å². The van der Waals surface area contributed by atoms with Gasteiger partial charge in [-0.3, -0.25) is 0 Å². The number of allylic oxidation sites excluding steroid dienone is 5. The minimum atomic E-state index is 0. The number of hydrogen-bond acceptors (Lipinski definition) is 1. The van der Waals surface area contributed by atoms with E-state index in [-0.39, 0.29) is 4.70 Å². The van der Waals surface area contributed by atoms with Gasteiger partial charge in [-0.1, -0.05) is 24.3 Å². The van der Waals surface area contributed by atoms with Crippen molar-refractivity contribution in [3.05, 3.63) is 36.1 Å². The summed E-state index contributed by atoms with van der Waals surface area (Å²) in [6, 6.07) is 0. The molecule has 2 heteroatoms. The van der Waals surface area contributed by atoms with Crippen LogP contribution in [0.3, 0.4) is 0 Å². The predicted octanol–water partition coefficient (Wildman–Crippen LogP) is -1.78. The van der Waals surface area contributed by atoms with Gasteiger partial charge in [-0.2, -0.15) is 0 Å². The molecule has 1 aliphatic rings. The van der Waals surface area contributed by atoms with Crippen molar-refractivity contribution in [3.63, 3.8) is 0 Å². The Bertz CT molecular complexity index is 142. The molecular formula is C7H9FN-. The van der Waals surface area contributed by atoms with E-state index in [1.54, 1.807) is 0 Å². The van der Waals surface area contributed by atoms with Crippen molar-refractivity contribution in [2.45, 2.75) is 0 Å². The van der Waals surface area contributed by atoms with Gasteiger partial charge in [-0.25, -0.2) is 0 Å². The molecule has 1 aliphatic carbocycles. The van der Waals surface area contributed by atoms with Crippen LogP contribution < -0.4 is 10.0 Å². The fourth-order valence-electron chi connectivity index (χ4n) is 0.652. The molecule has 0 aromatic heterocycles. The van der Waals surface area contributed by atoms with Crippen LogP contribution >= 0.6 is 0 Å². The highest BCUT2D eigenvalue weighted by molar-refractivity contribution is 5.39. The molecule has 0 amide bonds. The van der Waals surface area contributed by atoms with Crippen LogP contribution in [0.25, 0.3) is 0 Å². The van der Waals surface area contributed by atoms with Crippen molar-refractivity contribution >= 4 is 0 Å². The zero-order chi connectivity index (χ0) is 5.82. The SMILES string of the molecule is CNC=C1C=CC=C1.[F-]. The first kappa shape index (κ1) is 7.95. The van der Waals surface area contributed by atoms with Crippen molar-refractivity contribution < 1.29 is 4.70 Å². The summed E-state index contributed by atoms with van der Waals surface area (Å²) < 4.78 is 0. The van der Waals surface area contributed by atoms with Crippen molar-refractivity contribution in [1.82, 2.24) is 5.32 Å². The summed E-state index contributed by atoms with van der Waals surface area (Å²) in [6.07, 6.45) is 10.1. The van der Waals surface area contributed by atoms with Crippen molar-refractivity contribution in [1.29, 1.82) is 0 Å². The summed E-state index contributed by atoms with van der Waals surface area (Å²) in [7, 11) is 1.90. The van der Waals surface area contributed by atoms with E-state index in [1.165, 1.54) is 5.57 Å². The maximum Gasteiger partial charge on any atom is 0.00351 e. The normalized spacial score (nSPS) is 13.2. The van der Waals surface area contributed by atoms with Crippen molar-refractivity contribution in [2.75, 3.05) is 7.05 Å². The lowest BCUT2D eigenvalue weighted by Crippen LogP contribution is -3.00. The van der Waals surface area contributed by atoms with Crippen LogP contribution in [0.4, 0.5) is 0 Å². The molecule has 0 aromatic carbocycles. The molecule has 50 valence electrons.